The lowest BCUT2D eigenvalue weighted by molar-refractivity contribution is 0.277. The molecule has 0 aromatic heterocycles. The lowest BCUT2D eigenvalue weighted by atomic mass is 9.82. The summed E-state index contributed by atoms with van der Waals surface area (Å²) < 4.78 is 0. The summed E-state index contributed by atoms with van der Waals surface area (Å²) in [6.07, 6.45) is 3.97. The third kappa shape index (κ3) is 18.6. The van der Waals surface area contributed by atoms with Gasteiger partial charge in [-0.3, -0.25) is 0 Å². The van der Waals surface area contributed by atoms with Gasteiger partial charge in [-0.25, -0.2) is 0 Å². The van der Waals surface area contributed by atoms with Crippen LogP contribution in [0, 0.1) is 22.7 Å². The van der Waals surface area contributed by atoms with Gasteiger partial charge in [-0.1, -0.05) is 75.7 Å². The molecular weight excluding hydrogens is 204 g/mol. The summed E-state index contributed by atoms with van der Waals surface area (Å²) in [6.45, 7) is 22.9. The van der Waals surface area contributed by atoms with Crippen LogP contribution in [0.1, 0.15) is 88.5 Å². The van der Waals surface area contributed by atoms with Gasteiger partial charge in [-0.05, 0) is 35.5 Å². The fourth-order valence-electron chi connectivity index (χ4n) is 2.47. The minimum atomic E-state index is 0.522. The maximum atomic E-state index is 2.34. The molecule has 0 nitrogen and oxygen atoms in total. The molecule has 0 heterocycles. The Morgan fingerprint density at radius 3 is 1.12 bits per heavy atom. The maximum Gasteiger partial charge on any atom is -0.0354 e. The van der Waals surface area contributed by atoms with E-state index in [4.69, 9.17) is 0 Å². The first-order valence-corrected chi connectivity index (χ1v) is 7.39. The Labute approximate surface area is 112 Å². The summed E-state index contributed by atoms with van der Waals surface area (Å²) in [7, 11) is 0. The Morgan fingerprint density at radius 2 is 1.06 bits per heavy atom. The molecule has 0 radical (unpaired) electrons. The molecule has 17 heavy (non-hydrogen) atoms. The fourth-order valence-corrected chi connectivity index (χ4v) is 2.47. The molecule has 0 spiro atoms. The molecule has 0 N–H and O–H groups in total. The predicted octanol–water partition coefficient (Wildman–Crippen LogP) is 6.55. The molecule has 0 aliphatic carbocycles. The van der Waals surface area contributed by atoms with E-state index in [0.717, 1.165) is 11.8 Å². The molecule has 0 saturated carbocycles. The van der Waals surface area contributed by atoms with E-state index in [-0.39, 0.29) is 0 Å². The van der Waals surface area contributed by atoms with Crippen LogP contribution in [-0.4, -0.2) is 0 Å². The average molecular weight is 242 g/mol. The van der Waals surface area contributed by atoms with Gasteiger partial charge in [0.1, 0.15) is 0 Å². The Kier molecular flexibility index (Phi) is 9.29. The summed E-state index contributed by atoms with van der Waals surface area (Å²) in [4.78, 5) is 0. The molecule has 0 aliphatic rings. The van der Waals surface area contributed by atoms with Gasteiger partial charge < -0.3 is 0 Å². The average Bonchev–Trinajstić information content (AvgIpc) is 1.97. The molecule has 0 amide bonds. The van der Waals surface area contributed by atoms with Crippen LogP contribution in [0.15, 0.2) is 0 Å². The van der Waals surface area contributed by atoms with Crippen molar-refractivity contribution in [3.8, 4) is 0 Å². The predicted molar refractivity (Wildman–Crippen MR) is 82.4 cm³/mol. The fraction of sp³-hybridized carbons (Fsp3) is 1.00. The van der Waals surface area contributed by atoms with Gasteiger partial charge in [0.05, 0.1) is 0 Å². The molecule has 0 aliphatic heterocycles. The first-order valence-electron chi connectivity index (χ1n) is 7.39. The molecule has 0 rings (SSSR count). The SMILES string of the molecule is CC(C)CC(C)(C)C.CCC(C)(C)CC(C)C. The Bertz CT molecular complexity index is 167. The van der Waals surface area contributed by atoms with Crippen LogP contribution in [0.2, 0.25) is 0 Å². The highest BCUT2D eigenvalue weighted by Gasteiger charge is 2.15. The number of hydrogen-bond donors (Lipinski definition) is 0. The van der Waals surface area contributed by atoms with E-state index in [1.54, 1.807) is 0 Å². The normalized spacial score (nSPS) is 12.7. The van der Waals surface area contributed by atoms with Crippen LogP contribution in [-0.2, 0) is 0 Å². The molecule has 0 heteroatoms. The van der Waals surface area contributed by atoms with Gasteiger partial charge in [0.15, 0.2) is 0 Å². The van der Waals surface area contributed by atoms with Crippen LogP contribution in [0.5, 0.6) is 0 Å². The van der Waals surface area contributed by atoms with E-state index in [0.29, 0.717) is 10.8 Å². The summed E-state index contributed by atoms with van der Waals surface area (Å²) in [5, 5.41) is 0. The molecular formula is C17H38. The molecule has 0 saturated heterocycles. The van der Waals surface area contributed by atoms with Crippen LogP contribution in [0.4, 0.5) is 0 Å². The second kappa shape index (κ2) is 8.16. The second-order valence-corrected chi connectivity index (χ2v) is 8.27. The third-order valence-corrected chi connectivity index (χ3v) is 2.94. The summed E-state index contributed by atoms with van der Waals surface area (Å²) >= 11 is 0. The monoisotopic (exact) mass is 242 g/mol. The van der Waals surface area contributed by atoms with Crippen LogP contribution in [0.3, 0.4) is 0 Å². The van der Waals surface area contributed by atoms with Crippen LogP contribution < -0.4 is 0 Å². The highest BCUT2D eigenvalue weighted by Crippen LogP contribution is 2.28. The van der Waals surface area contributed by atoms with E-state index >= 15 is 0 Å². The van der Waals surface area contributed by atoms with Gasteiger partial charge in [0, 0.05) is 0 Å². The Balaban J connectivity index is 0. The zero-order valence-corrected chi connectivity index (χ0v) is 14.3. The van der Waals surface area contributed by atoms with Gasteiger partial charge in [0.25, 0.3) is 0 Å². The summed E-state index contributed by atoms with van der Waals surface area (Å²) in [5.41, 5.74) is 1.09. The van der Waals surface area contributed by atoms with E-state index in [1.165, 1.54) is 19.3 Å². The van der Waals surface area contributed by atoms with Crippen molar-refractivity contribution in [1.29, 1.82) is 0 Å². The number of rotatable bonds is 4. The van der Waals surface area contributed by atoms with Crippen LogP contribution in [0.25, 0.3) is 0 Å². The second-order valence-electron chi connectivity index (χ2n) is 8.27. The lowest BCUT2D eigenvalue weighted by Crippen LogP contribution is -2.12. The van der Waals surface area contributed by atoms with Gasteiger partial charge >= 0.3 is 0 Å². The van der Waals surface area contributed by atoms with Gasteiger partial charge in [-0.2, -0.15) is 0 Å². The van der Waals surface area contributed by atoms with Crippen molar-refractivity contribution in [2.24, 2.45) is 22.7 Å². The molecule has 0 bridgehead atoms. The standard InChI is InChI=1S/C9H20.C8H18/c1-6-9(4,5)7-8(2)3;1-7(2)6-8(3,4)5/h8H,6-7H2,1-5H3;7H,6H2,1-5H3. The van der Waals surface area contributed by atoms with Crippen molar-refractivity contribution in [3.63, 3.8) is 0 Å². The first kappa shape index (κ1) is 19.3. The zero-order valence-electron chi connectivity index (χ0n) is 14.3. The third-order valence-electron chi connectivity index (χ3n) is 2.94. The van der Waals surface area contributed by atoms with Crippen molar-refractivity contribution in [1.82, 2.24) is 0 Å². The van der Waals surface area contributed by atoms with Crippen molar-refractivity contribution in [3.05, 3.63) is 0 Å². The van der Waals surface area contributed by atoms with Crippen molar-refractivity contribution < 1.29 is 0 Å². The van der Waals surface area contributed by atoms with Crippen molar-refractivity contribution >= 4 is 0 Å². The first-order chi connectivity index (χ1) is 7.39. The molecule has 0 unspecified atom stereocenters. The minimum Gasteiger partial charge on any atom is -0.0649 e. The Hall–Kier alpha value is 0. The summed E-state index contributed by atoms with van der Waals surface area (Å²) in [6, 6.07) is 0. The highest BCUT2D eigenvalue weighted by molar-refractivity contribution is 4.67. The maximum absolute atomic E-state index is 2.34. The smallest absolute Gasteiger partial charge is 0.0354 e. The Morgan fingerprint density at radius 1 is 0.706 bits per heavy atom. The lowest BCUT2D eigenvalue weighted by Gasteiger charge is -2.24. The largest absolute Gasteiger partial charge is 0.0649 e. The van der Waals surface area contributed by atoms with Crippen molar-refractivity contribution in [2.75, 3.05) is 0 Å². The van der Waals surface area contributed by atoms with E-state index in [9.17, 15) is 0 Å². The number of hydrogen-bond acceptors (Lipinski definition) is 0. The zero-order chi connectivity index (χ0) is 14.3. The highest BCUT2D eigenvalue weighted by atomic mass is 14.2. The topological polar surface area (TPSA) is 0 Å². The molecule has 0 atom stereocenters. The quantitative estimate of drug-likeness (QED) is 0.524. The van der Waals surface area contributed by atoms with E-state index in [2.05, 4.69) is 69.2 Å². The summed E-state index contributed by atoms with van der Waals surface area (Å²) in [5.74, 6) is 1.69. The molecule has 0 aromatic carbocycles. The van der Waals surface area contributed by atoms with Gasteiger partial charge in [-0.15, -0.1) is 0 Å². The minimum absolute atomic E-state index is 0.522. The molecule has 0 fully saturated rings. The molecule has 106 valence electrons. The van der Waals surface area contributed by atoms with E-state index < -0.39 is 0 Å². The van der Waals surface area contributed by atoms with E-state index in [1.807, 2.05) is 0 Å². The van der Waals surface area contributed by atoms with Crippen LogP contribution >= 0.6 is 0 Å². The van der Waals surface area contributed by atoms with Crippen molar-refractivity contribution in [2.45, 2.75) is 88.5 Å². The molecule has 0 aromatic rings. The van der Waals surface area contributed by atoms with Gasteiger partial charge in [0.2, 0.25) is 0 Å².